The topological polar surface area (TPSA) is 50.4 Å². The Hall–Kier alpha value is -0.840. The Labute approximate surface area is 183 Å². The second-order valence-electron chi connectivity index (χ2n) is 8.35. The summed E-state index contributed by atoms with van der Waals surface area (Å²) in [6.45, 7) is 10.5. The number of carbonyl (C=O) groups excluding carboxylic acids is 1. The summed E-state index contributed by atoms with van der Waals surface area (Å²) in [7, 11) is 0. The van der Waals surface area contributed by atoms with Gasteiger partial charge < -0.3 is 10.1 Å². The summed E-state index contributed by atoms with van der Waals surface area (Å²) in [4.78, 5) is 12.6. The summed E-state index contributed by atoms with van der Waals surface area (Å²) in [6, 6.07) is 5.88. The number of amides is 1. The molecule has 0 unspecified atom stereocenters. The summed E-state index contributed by atoms with van der Waals surface area (Å²) in [5.41, 5.74) is 2.91. The van der Waals surface area contributed by atoms with Gasteiger partial charge in [0.05, 0.1) is 0 Å². The Morgan fingerprint density at radius 1 is 1.21 bits per heavy atom. The predicted molar refractivity (Wildman–Crippen MR) is 118 cm³/mol. The fourth-order valence-electron chi connectivity index (χ4n) is 3.87. The van der Waals surface area contributed by atoms with Crippen molar-refractivity contribution in [1.82, 2.24) is 5.32 Å². The van der Waals surface area contributed by atoms with E-state index >= 15 is 0 Å². The van der Waals surface area contributed by atoms with Crippen molar-refractivity contribution >= 4 is 46.6 Å². The summed E-state index contributed by atoms with van der Waals surface area (Å²) >= 11 is 18.4. The van der Waals surface area contributed by atoms with Crippen LogP contribution in [-0.2, 0) is 4.74 Å². The second-order valence-corrected chi connectivity index (χ2v) is 10.7. The molecule has 1 aliphatic rings. The molecule has 158 valence electrons. The Morgan fingerprint density at radius 3 is 2.46 bits per heavy atom. The van der Waals surface area contributed by atoms with E-state index in [4.69, 9.17) is 39.5 Å². The van der Waals surface area contributed by atoms with Crippen molar-refractivity contribution in [3.05, 3.63) is 29.3 Å². The molecule has 28 heavy (non-hydrogen) atoms. The van der Waals surface area contributed by atoms with Crippen LogP contribution >= 0.6 is 34.8 Å². The van der Waals surface area contributed by atoms with Crippen molar-refractivity contribution in [2.24, 2.45) is 17.8 Å². The van der Waals surface area contributed by atoms with Crippen LogP contribution in [0, 0.1) is 31.6 Å². The fraction of sp³-hybridized carbons (Fsp3) is 0.667. The highest BCUT2D eigenvalue weighted by molar-refractivity contribution is 6.68. The van der Waals surface area contributed by atoms with Crippen LogP contribution in [0.5, 0.6) is 0 Å². The molecule has 1 aromatic rings. The molecule has 1 fully saturated rings. The monoisotopic (exact) mass is 448 g/mol. The van der Waals surface area contributed by atoms with Crippen LogP contribution in [0.15, 0.2) is 18.2 Å². The van der Waals surface area contributed by atoms with Gasteiger partial charge in [-0.25, -0.2) is 4.79 Å². The van der Waals surface area contributed by atoms with Gasteiger partial charge in [0.1, 0.15) is 12.3 Å². The number of hydrogen-bond acceptors (Lipinski definition) is 3. The summed E-state index contributed by atoms with van der Waals surface area (Å²) in [5, 5.41) is 5.82. The van der Waals surface area contributed by atoms with Crippen LogP contribution < -0.4 is 10.6 Å². The third-order valence-corrected chi connectivity index (χ3v) is 6.15. The van der Waals surface area contributed by atoms with E-state index in [1.807, 2.05) is 32.0 Å². The maximum absolute atomic E-state index is 12.6. The van der Waals surface area contributed by atoms with Crippen LogP contribution in [-0.4, -0.2) is 22.2 Å². The number of alkyl halides is 3. The molecule has 7 heteroatoms. The molecule has 2 rings (SSSR count). The maximum Gasteiger partial charge on any atom is 0.409 e. The minimum Gasteiger partial charge on any atom is -0.446 e. The molecule has 0 heterocycles. The number of ether oxygens (including phenoxy) is 1. The zero-order valence-corrected chi connectivity index (χ0v) is 19.5. The predicted octanol–water partition coefficient (Wildman–Crippen LogP) is 6.60. The van der Waals surface area contributed by atoms with Gasteiger partial charge in [0.15, 0.2) is 0 Å². The molecule has 1 aromatic carbocycles. The standard InChI is InChI=1S/C21H31Cl3N2O2/c1-12(2)16-8-6-14(4)11-18(16)28-20(27)26-19(21(22,23)24)25-17-9-7-13(3)10-15(17)5/h7,9-10,12,14,16,18-19,25H,6,8,11H2,1-5H3,(H,26,27)/t14-,16-,18+,19+/m1/s1. The van der Waals surface area contributed by atoms with E-state index in [-0.39, 0.29) is 6.10 Å². The van der Waals surface area contributed by atoms with E-state index in [2.05, 4.69) is 31.4 Å². The van der Waals surface area contributed by atoms with Crippen molar-refractivity contribution in [2.45, 2.75) is 69.9 Å². The first-order valence-electron chi connectivity index (χ1n) is 9.85. The minimum absolute atomic E-state index is 0.124. The summed E-state index contributed by atoms with van der Waals surface area (Å²) in [6.07, 6.45) is 1.46. The van der Waals surface area contributed by atoms with Crippen LogP contribution in [0.3, 0.4) is 0 Å². The number of alkyl carbamates (subject to hydrolysis) is 1. The molecule has 0 aliphatic heterocycles. The van der Waals surface area contributed by atoms with Crippen LogP contribution in [0.25, 0.3) is 0 Å². The van der Waals surface area contributed by atoms with E-state index in [1.165, 1.54) is 0 Å². The molecule has 0 aromatic heterocycles. The average Bonchev–Trinajstić information content (AvgIpc) is 2.55. The summed E-state index contributed by atoms with van der Waals surface area (Å²) < 4.78 is 4.04. The largest absolute Gasteiger partial charge is 0.446 e. The molecule has 0 bridgehead atoms. The lowest BCUT2D eigenvalue weighted by atomic mass is 9.75. The first-order valence-corrected chi connectivity index (χ1v) is 11.0. The van der Waals surface area contributed by atoms with E-state index in [1.54, 1.807) is 0 Å². The van der Waals surface area contributed by atoms with Crippen LogP contribution in [0.1, 0.15) is 51.2 Å². The van der Waals surface area contributed by atoms with E-state index < -0.39 is 16.1 Å². The lowest BCUT2D eigenvalue weighted by Gasteiger charge is -2.37. The molecular formula is C21H31Cl3N2O2. The SMILES string of the molecule is Cc1ccc(N[C@@H](NC(=O)O[C@H]2C[C@H](C)CC[C@@H]2C(C)C)C(Cl)(Cl)Cl)c(C)c1. The zero-order valence-electron chi connectivity index (χ0n) is 17.2. The van der Waals surface area contributed by atoms with Crippen molar-refractivity contribution in [3.63, 3.8) is 0 Å². The van der Waals surface area contributed by atoms with Gasteiger partial charge in [-0.05, 0) is 56.1 Å². The lowest BCUT2D eigenvalue weighted by molar-refractivity contribution is 0.00534. The molecule has 4 atom stereocenters. The maximum atomic E-state index is 12.6. The van der Waals surface area contributed by atoms with Gasteiger partial charge in [0.25, 0.3) is 0 Å². The molecule has 0 radical (unpaired) electrons. The first kappa shape index (κ1) is 23.4. The van der Waals surface area contributed by atoms with Crippen molar-refractivity contribution < 1.29 is 9.53 Å². The minimum atomic E-state index is -1.74. The molecule has 0 spiro atoms. The molecule has 1 aliphatic carbocycles. The van der Waals surface area contributed by atoms with Crippen molar-refractivity contribution in [1.29, 1.82) is 0 Å². The highest BCUT2D eigenvalue weighted by Gasteiger charge is 2.37. The van der Waals surface area contributed by atoms with Crippen molar-refractivity contribution in [2.75, 3.05) is 5.32 Å². The average molecular weight is 450 g/mol. The Morgan fingerprint density at radius 2 is 1.89 bits per heavy atom. The van der Waals surface area contributed by atoms with Gasteiger partial charge in [0.2, 0.25) is 3.79 Å². The second kappa shape index (κ2) is 9.77. The normalized spacial score (nSPS) is 24.0. The van der Waals surface area contributed by atoms with E-state index in [0.29, 0.717) is 17.8 Å². The lowest BCUT2D eigenvalue weighted by Crippen LogP contribution is -2.50. The highest BCUT2D eigenvalue weighted by atomic mass is 35.6. The number of benzene rings is 1. The van der Waals surface area contributed by atoms with Crippen LogP contribution in [0.2, 0.25) is 0 Å². The van der Waals surface area contributed by atoms with Gasteiger partial charge >= 0.3 is 6.09 Å². The van der Waals surface area contributed by atoms with Crippen LogP contribution in [0.4, 0.5) is 10.5 Å². The Balaban J connectivity index is 2.08. The summed E-state index contributed by atoms with van der Waals surface area (Å²) in [5.74, 6) is 1.33. The van der Waals surface area contributed by atoms with E-state index in [9.17, 15) is 4.79 Å². The Bertz CT molecular complexity index is 676. The van der Waals surface area contributed by atoms with Gasteiger partial charge in [-0.15, -0.1) is 0 Å². The quantitative estimate of drug-likeness (QED) is 0.393. The molecule has 1 amide bonds. The number of rotatable bonds is 5. The number of anilines is 1. The zero-order chi connectivity index (χ0) is 21.1. The van der Waals surface area contributed by atoms with Crippen molar-refractivity contribution in [3.8, 4) is 0 Å². The molecule has 4 nitrogen and oxygen atoms in total. The van der Waals surface area contributed by atoms with E-state index in [0.717, 1.165) is 36.1 Å². The third kappa shape index (κ3) is 6.60. The first-order chi connectivity index (χ1) is 13.0. The number of carbonyl (C=O) groups is 1. The number of halogens is 3. The van der Waals surface area contributed by atoms with Gasteiger partial charge in [-0.3, -0.25) is 5.32 Å². The molecule has 0 saturated heterocycles. The molecule has 1 saturated carbocycles. The smallest absolute Gasteiger partial charge is 0.409 e. The number of nitrogens with one attached hydrogen (secondary N) is 2. The number of aryl methyl sites for hydroxylation is 2. The Kier molecular flexibility index (Phi) is 8.18. The number of hydrogen-bond donors (Lipinski definition) is 2. The van der Waals surface area contributed by atoms with Gasteiger partial charge in [0, 0.05) is 5.69 Å². The fourth-order valence-corrected chi connectivity index (χ4v) is 4.20. The highest BCUT2D eigenvalue weighted by Crippen LogP contribution is 2.36. The van der Waals surface area contributed by atoms with Gasteiger partial charge in [-0.2, -0.15) is 0 Å². The van der Waals surface area contributed by atoms with Gasteiger partial charge in [-0.1, -0.05) is 79.7 Å². The molecular weight excluding hydrogens is 419 g/mol. The third-order valence-electron chi connectivity index (χ3n) is 5.49. The molecule has 2 N–H and O–H groups in total.